The Morgan fingerprint density at radius 1 is 1.26 bits per heavy atom. The summed E-state index contributed by atoms with van der Waals surface area (Å²) < 4.78 is 32.1. The van der Waals surface area contributed by atoms with Gasteiger partial charge in [0, 0.05) is 24.7 Å². The summed E-state index contributed by atoms with van der Waals surface area (Å²) in [7, 11) is -3.36. The van der Waals surface area contributed by atoms with E-state index in [4.69, 9.17) is 4.74 Å². The molecule has 2 N–H and O–H groups in total. The van der Waals surface area contributed by atoms with Crippen LogP contribution in [0.15, 0.2) is 24.3 Å². The number of hydrogen-bond acceptors (Lipinski definition) is 4. The van der Waals surface area contributed by atoms with Gasteiger partial charge in [0.2, 0.25) is 10.0 Å². The van der Waals surface area contributed by atoms with Crippen LogP contribution in [0.5, 0.6) is 0 Å². The Morgan fingerprint density at radius 3 is 2.74 bits per heavy atom. The molecule has 1 atom stereocenters. The standard InChI is InChI=1S/C19H29N3O4S/c1-2-11-27(24,25)21-18-8-4-7-17(12-18)20-19(23)22-9-10-26-14-16(13-22)15-5-3-6-15/h4,7-8,12,15-16,21H,2-3,5-6,9-11,13-14H2,1H3,(H,20,23). The van der Waals surface area contributed by atoms with Crippen LogP contribution in [0.1, 0.15) is 32.6 Å². The third kappa shape index (κ3) is 5.59. The molecule has 3 rings (SSSR count). The van der Waals surface area contributed by atoms with E-state index in [-0.39, 0.29) is 11.8 Å². The molecule has 27 heavy (non-hydrogen) atoms. The third-order valence-corrected chi connectivity index (χ3v) is 6.75. The average Bonchev–Trinajstić information content (AvgIpc) is 2.79. The second-order valence-electron chi connectivity index (χ2n) is 7.40. The van der Waals surface area contributed by atoms with Gasteiger partial charge in [-0.05, 0) is 30.5 Å². The lowest BCUT2D eigenvalue weighted by molar-refractivity contribution is 0.0776. The van der Waals surface area contributed by atoms with Crippen molar-refractivity contribution in [3.63, 3.8) is 0 Å². The lowest BCUT2D eigenvalue weighted by atomic mass is 9.76. The number of hydrogen-bond donors (Lipinski definition) is 2. The van der Waals surface area contributed by atoms with Crippen LogP contribution in [-0.2, 0) is 14.8 Å². The summed E-state index contributed by atoms with van der Waals surface area (Å²) in [6.07, 6.45) is 4.27. The monoisotopic (exact) mass is 395 g/mol. The van der Waals surface area contributed by atoms with Crippen molar-refractivity contribution < 1.29 is 17.9 Å². The fraction of sp³-hybridized carbons (Fsp3) is 0.632. The highest BCUT2D eigenvalue weighted by Gasteiger charge is 2.31. The Hall–Kier alpha value is -1.80. The summed E-state index contributed by atoms with van der Waals surface area (Å²) >= 11 is 0. The molecule has 1 aromatic carbocycles. The molecule has 1 aromatic rings. The Labute approximate surface area is 161 Å². The molecule has 0 spiro atoms. The molecule has 150 valence electrons. The minimum absolute atomic E-state index is 0.0694. The van der Waals surface area contributed by atoms with Gasteiger partial charge in [-0.1, -0.05) is 32.3 Å². The van der Waals surface area contributed by atoms with Crippen molar-refractivity contribution in [3.05, 3.63) is 24.3 Å². The highest BCUT2D eigenvalue weighted by atomic mass is 32.2. The highest BCUT2D eigenvalue weighted by molar-refractivity contribution is 7.92. The van der Waals surface area contributed by atoms with Gasteiger partial charge in [0.1, 0.15) is 0 Å². The van der Waals surface area contributed by atoms with Gasteiger partial charge in [0.15, 0.2) is 0 Å². The largest absolute Gasteiger partial charge is 0.379 e. The quantitative estimate of drug-likeness (QED) is 0.775. The lowest BCUT2D eigenvalue weighted by Crippen LogP contribution is -2.41. The van der Waals surface area contributed by atoms with E-state index in [0.29, 0.717) is 49.3 Å². The second-order valence-corrected chi connectivity index (χ2v) is 9.25. The first-order valence-electron chi connectivity index (χ1n) is 9.71. The Balaban J connectivity index is 1.62. The zero-order valence-corrected chi connectivity index (χ0v) is 16.6. The molecule has 8 heteroatoms. The molecule has 2 amide bonds. The number of benzene rings is 1. The zero-order chi connectivity index (χ0) is 19.3. The molecule has 1 heterocycles. The normalized spacial score (nSPS) is 21.2. The van der Waals surface area contributed by atoms with Crippen molar-refractivity contribution in [3.8, 4) is 0 Å². The predicted octanol–water partition coefficient (Wildman–Crippen LogP) is 3.12. The molecule has 0 aromatic heterocycles. The molecule has 0 bridgehead atoms. The number of carbonyl (C=O) groups is 1. The number of amides is 2. The van der Waals surface area contributed by atoms with E-state index in [1.54, 1.807) is 24.3 Å². The smallest absolute Gasteiger partial charge is 0.321 e. The summed E-state index contributed by atoms with van der Waals surface area (Å²) in [6.45, 7) is 4.37. The number of sulfonamides is 1. The third-order valence-electron chi connectivity index (χ3n) is 5.26. The number of nitrogens with zero attached hydrogens (tertiary/aromatic N) is 1. The van der Waals surface area contributed by atoms with Crippen molar-refractivity contribution in [2.45, 2.75) is 32.6 Å². The molecule has 1 saturated carbocycles. The highest BCUT2D eigenvalue weighted by Crippen LogP contribution is 2.34. The Bertz CT molecular complexity index is 749. The number of nitrogens with one attached hydrogen (secondary N) is 2. The van der Waals surface area contributed by atoms with Gasteiger partial charge in [-0.2, -0.15) is 0 Å². The SMILES string of the molecule is CCCS(=O)(=O)Nc1cccc(NC(=O)N2CCOCC(C3CCC3)C2)c1. The molecule has 0 radical (unpaired) electrons. The van der Waals surface area contributed by atoms with Crippen LogP contribution in [-0.4, -0.2) is 51.4 Å². The fourth-order valence-corrected chi connectivity index (χ4v) is 4.71. The molecule has 1 saturated heterocycles. The van der Waals surface area contributed by atoms with E-state index >= 15 is 0 Å². The topological polar surface area (TPSA) is 87.7 Å². The van der Waals surface area contributed by atoms with E-state index in [1.807, 2.05) is 11.8 Å². The van der Waals surface area contributed by atoms with E-state index in [0.717, 1.165) is 6.61 Å². The first-order chi connectivity index (χ1) is 13.0. The number of anilines is 2. The van der Waals surface area contributed by atoms with E-state index < -0.39 is 10.0 Å². The minimum Gasteiger partial charge on any atom is -0.379 e. The lowest BCUT2D eigenvalue weighted by Gasteiger charge is -2.34. The predicted molar refractivity (Wildman–Crippen MR) is 106 cm³/mol. The molecule has 1 aliphatic carbocycles. The summed E-state index contributed by atoms with van der Waals surface area (Å²) in [4.78, 5) is 14.5. The molecule has 1 aliphatic heterocycles. The number of urea groups is 1. The van der Waals surface area contributed by atoms with Crippen LogP contribution in [0.25, 0.3) is 0 Å². The van der Waals surface area contributed by atoms with E-state index in [1.165, 1.54) is 19.3 Å². The zero-order valence-electron chi connectivity index (χ0n) is 15.8. The van der Waals surface area contributed by atoms with Gasteiger partial charge in [-0.3, -0.25) is 4.72 Å². The maximum atomic E-state index is 12.7. The summed E-state index contributed by atoms with van der Waals surface area (Å²) in [5, 5.41) is 2.89. The summed E-state index contributed by atoms with van der Waals surface area (Å²) in [5.74, 6) is 1.13. The Morgan fingerprint density at radius 2 is 2.04 bits per heavy atom. The van der Waals surface area contributed by atoms with Crippen LogP contribution in [0.3, 0.4) is 0 Å². The maximum Gasteiger partial charge on any atom is 0.321 e. The van der Waals surface area contributed by atoms with Crippen molar-refractivity contribution in [2.24, 2.45) is 11.8 Å². The van der Waals surface area contributed by atoms with Gasteiger partial charge >= 0.3 is 6.03 Å². The Kier molecular flexibility index (Phi) is 6.59. The van der Waals surface area contributed by atoms with Crippen LogP contribution >= 0.6 is 0 Å². The van der Waals surface area contributed by atoms with Crippen molar-refractivity contribution in [1.82, 2.24) is 4.90 Å². The van der Waals surface area contributed by atoms with Crippen molar-refractivity contribution in [1.29, 1.82) is 0 Å². The van der Waals surface area contributed by atoms with Gasteiger partial charge in [-0.15, -0.1) is 0 Å². The molecule has 1 unspecified atom stereocenters. The van der Waals surface area contributed by atoms with E-state index in [9.17, 15) is 13.2 Å². The molecule has 7 nitrogen and oxygen atoms in total. The van der Waals surface area contributed by atoms with Crippen LogP contribution in [0.2, 0.25) is 0 Å². The van der Waals surface area contributed by atoms with Gasteiger partial charge in [-0.25, -0.2) is 13.2 Å². The number of carbonyl (C=O) groups excluding carboxylic acids is 1. The van der Waals surface area contributed by atoms with Gasteiger partial charge in [0.25, 0.3) is 0 Å². The number of ether oxygens (including phenoxy) is 1. The van der Waals surface area contributed by atoms with Gasteiger partial charge < -0.3 is 15.0 Å². The molecule has 2 fully saturated rings. The molecule has 2 aliphatic rings. The van der Waals surface area contributed by atoms with Crippen LogP contribution in [0.4, 0.5) is 16.2 Å². The van der Waals surface area contributed by atoms with Crippen LogP contribution in [0, 0.1) is 11.8 Å². The molecular formula is C19H29N3O4S. The fourth-order valence-electron chi connectivity index (χ4n) is 3.58. The maximum absolute atomic E-state index is 12.7. The van der Waals surface area contributed by atoms with Gasteiger partial charge in [0.05, 0.1) is 24.7 Å². The average molecular weight is 396 g/mol. The van der Waals surface area contributed by atoms with Crippen molar-refractivity contribution in [2.75, 3.05) is 42.1 Å². The summed E-state index contributed by atoms with van der Waals surface area (Å²) in [6, 6.07) is 6.63. The van der Waals surface area contributed by atoms with Crippen LogP contribution < -0.4 is 10.0 Å². The molecular weight excluding hydrogens is 366 g/mol. The first kappa shape index (κ1) is 19.9. The summed E-state index contributed by atoms with van der Waals surface area (Å²) in [5.41, 5.74) is 1.02. The first-order valence-corrected chi connectivity index (χ1v) is 11.4. The minimum atomic E-state index is -3.36. The number of rotatable bonds is 6. The second kappa shape index (κ2) is 8.93. The van der Waals surface area contributed by atoms with E-state index in [2.05, 4.69) is 10.0 Å². The van der Waals surface area contributed by atoms with Crippen molar-refractivity contribution >= 4 is 27.4 Å².